The molecule has 5 nitrogen and oxygen atoms in total. The van der Waals surface area contributed by atoms with Crippen LogP contribution in [0.4, 0.5) is 5.82 Å². The second kappa shape index (κ2) is 4.12. The molecule has 3 rings (SSSR count). The number of nitrogens with one attached hydrogen (secondary N) is 1. The number of hydrogen-bond acceptors (Lipinski definition) is 3. The minimum atomic E-state index is 0.00801. The van der Waals surface area contributed by atoms with Gasteiger partial charge < -0.3 is 9.88 Å². The van der Waals surface area contributed by atoms with E-state index in [1.165, 1.54) is 0 Å². The molecule has 0 saturated heterocycles. The molecular formula is C14H16N4O. The van der Waals surface area contributed by atoms with Gasteiger partial charge in [-0.2, -0.15) is 5.10 Å². The summed E-state index contributed by atoms with van der Waals surface area (Å²) in [7, 11) is 3.65. The fraction of sp³-hybridized carbons (Fsp3) is 0.286. The van der Waals surface area contributed by atoms with E-state index in [2.05, 4.69) is 10.4 Å². The third-order valence-electron chi connectivity index (χ3n) is 3.51. The number of para-hydroxylation sites is 1. The maximum absolute atomic E-state index is 12.6. The van der Waals surface area contributed by atoms with Crippen LogP contribution >= 0.6 is 0 Å². The Labute approximate surface area is 110 Å². The minimum absolute atomic E-state index is 0.00801. The molecule has 3 aromatic rings. The minimum Gasteiger partial charge on any atom is -0.371 e. The molecule has 5 heteroatoms. The summed E-state index contributed by atoms with van der Waals surface area (Å²) in [6.07, 6.45) is 0. The molecule has 0 aliphatic heterocycles. The number of rotatable bonds is 2. The summed E-state index contributed by atoms with van der Waals surface area (Å²) < 4.78 is 3.56. The lowest BCUT2D eigenvalue weighted by atomic mass is 10.1. The molecule has 0 radical (unpaired) electrons. The van der Waals surface area contributed by atoms with Crippen molar-refractivity contribution in [2.24, 2.45) is 7.05 Å². The molecule has 98 valence electrons. The van der Waals surface area contributed by atoms with E-state index in [1.807, 2.05) is 38.2 Å². The van der Waals surface area contributed by atoms with Gasteiger partial charge in [-0.1, -0.05) is 18.2 Å². The predicted molar refractivity (Wildman–Crippen MR) is 77.7 cm³/mol. The van der Waals surface area contributed by atoms with Crippen LogP contribution in [0.2, 0.25) is 0 Å². The topological polar surface area (TPSA) is 51.9 Å². The fourth-order valence-electron chi connectivity index (χ4n) is 2.68. The van der Waals surface area contributed by atoms with E-state index in [4.69, 9.17) is 0 Å². The Morgan fingerprint density at radius 1 is 1.32 bits per heavy atom. The predicted octanol–water partition coefficient (Wildman–Crippen LogP) is 1.95. The highest BCUT2D eigenvalue weighted by atomic mass is 16.1. The molecule has 0 saturated carbocycles. The monoisotopic (exact) mass is 256 g/mol. The lowest BCUT2D eigenvalue weighted by molar-refractivity contribution is 0.765. The SMILES string of the molecule is CCn1c(=O)c2c(NC)nn(C)c2c2ccccc21. The maximum atomic E-state index is 12.6. The molecule has 1 N–H and O–H groups in total. The zero-order chi connectivity index (χ0) is 13.6. The molecular weight excluding hydrogens is 240 g/mol. The Morgan fingerprint density at radius 3 is 2.74 bits per heavy atom. The number of benzene rings is 1. The first-order valence-electron chi connectivity index (χ1n) is 6.35. The van der Waals surface area contributed by atoms with Gasteiger partial charge in [-0.3, -0.25) is 9.48 Å². The van der Waals surface area contributed by atoms with Crippen molar-refractivity contribution in [1.29, 1.82) is 0 Å². The second-order valence-electron chi connectivity index (χ2n) is 4.51. The third-order valence-corrected chi connectivity index (χ3v) is 3.51. The van der Waals surface area contributed by atoms with Gasteiger partial charge >= 0.3 is 0 Å². The van der Waals surface area contributed by atoms with Crippen LogP contribution in [0.25, 0.3) is 21.8 Å². The number of aryl methyl sites for hydroxylation is 2. The van der Waals surface area contributed by atoms with E-state index in [-0.39, 0.29) is 5.56 Å². The van der Waals surface area contributed by atoms with Crippen LogP contribution in [-0.4, -0.2) is 21.4 Å². The van der Waals surface area contributed by atoms with Crippen LogP contribution in [0, 0.1) is 0 Å². The molecule has 0 spiro atoms. The van der Waals surface area contributed by atoms with Crippen LogP contribution in [0.3, 0.4) is 0 Å². The van der Waals surface area contributed by atoms with E-state index in [0.29, 0.717) is 17.7 Å². The Balaban J connectivity index is 2.68. The van der Waals surface area contributed by atoms with Crippen molar-refractivity contribution in [2.75, 3.05) is 12.4 Å². The van der Waals surface area contributed by atoms with Crippen molar-refractivity contribution < 1.29 is 0 Å². The van der Waals surface area contributed by atoms with Crippen molar-refractivity contribution in [3.63, 3.8) is 0 Å². The summed E-state index contributed by atoms with van der Waals surface area (Å²) in [4.78, 5) is 12.6. The van der Waals surface area contributed by atoms with E-state index in [9.17, 15) is 4.79 Å². The van der Waals surface area contributed by atoms with E-state index >= 15 is 0 Å². The zero-order valence-corrected chi connectivity index (χ0v) is 11.3. The zero-order valence-electron chi connectivity index (χ0n) is 11.3. The summed E-state index contributed by atoms with van der Waals surface area (Å²) in [6, 6.07) is 7.95. The molecule has 0 amide bonds. The quantitative estimate of drug-likeness (QED) is 0.762. The second-order valence-corrected chi connectivity index (χ2v) is 4.51. The van der Waals surface area contributed by atoms with E-state index in [1.54, 1.807) is 16.3 Å². The van der Waals surface area contributed by atoms with Gasteiger partial charge in [0.1, 0.15) is 5.39 Å². The van der Waals surface area contributed by atoms with Crippen molar-refractivity contribution >= 4 is 27.6 Å². The van der Waals surface area contributed by atoms with E-state index < -0.39 is 0 Å². The largest absolute Gasteiger partial charge is 0.371 e. The Kier molecular flexibility index (Phi) is 2.55. The number of pyridine rings is 1. The smallest absolute Gasteiger partial charge is 0.264 e. The summed E-state index contributed by atoms with van der Waals surface area (Å²) in [5, 5.41) is 9.10. The molecule has 0 fully saturated rings. The molecule has 1 aromatic carbocycles. The fourth-order valence-corrected chi connectivity index (χ4v) is 2.68. The number of hydrogen-bond donors (Lipinski definition) is 1. The van der Waals surface area contributed by atoms with Crippen LogP contribution in [-0.2, 0) is 13.6 Å². The molecule has 2 aromatic heterocycles. The van der Waals surface area contributed by atoms with Crippen LogP contribution in [0.15, 0.2) is 29.1 Å². The number of anilines is 1. The molecule has 0 aliphatic rings. The normalized spacial score (nSPS) is 11.3. The van der Waals surface area contributed by atoms with E-state index in [0.717, 1.165) is 16.4 Å². The van der Waals surface area contributed by atoms with Crippen molar-refractivity contribution in [3.8, 4) is 0 Å². The van der Waals surface area contributed by atoms with Crippen molar-refractivity contribution in [1.82, 2.24) is 14.3 Å². The van der Waals surface area contributed by atoms with Gasteiger partial charge in [0.05, 0.1) is 11.0 Å². The van der Waals surface area contributed by atoms with Gasteiger partial charge in [0.2, 0.25) is 0 Å². The Morgan fingerprint density at radius 2 is 2.05 bits per heavy atom. The number of aromatic nitrogens is 3. The highest BCUT2D eigenvalue weighted by Gasteiger charge is 2.17. The van der Waals surface area contributed by atoms with Gasteiger partial charge in [0.25, 0.3) is 5.56 Å². The molecule has 2 heterocycles. The van der Waals surface area contributed by atoms with Gasteiger partial charge in [0, 0.05) is 26.0 Å². The first-order valence-corrected chi connectivity index (χ1v) is 6.35. The maximum Gasteiger partial charge on any atom is 0.264 e. The summed E-state index contributed by atoms with van der Waals surface area (Å²) >= 11 is 0. The van der Waals surface area contributed by atoms with Crippen LogP contribution in [0.5, 0.6) is 0 Å². The average molecular weight is 256 g/mol. The van der Waals surface area contributed by atoms with Gasteiger partial charge in [-0.05, 0) is 13.0 Å². The highest BCUT2D eigenvalue weighted by Crippen LogP contribution is 2.26. The standard InChI is InChI=1S/C14H16N4O/c1-4-18-10-8-6-5-7-9(10)12-11(14(18)19)13(15-2)16-17(12)3/h5-8H,4H2,1-3H3,(H,15,16). The van der Waals surface area contributed by atoms with Crippen molar-refractivity contribution in [3.05, 3.63) is 34.6 Å². The average Bonchev–Trinajstić information content (AvgIpc) is 2.77. The first-order chi connectivity index (χ1) is 9.19. The summed E-state index contributed by atoms with van der Waals surface area (Å²) in [6.45, 7) is 2.63. The van der Waals surface area contributed by atoms with Gasteiger partial charge in [-0.15, -0.1) is 0 Å². The molecule has 0 aliphatic carbocycles. The Hall–Kier alpha value is -2.30. The lowest BCUT2D eigenvalue weighted by Crippen LogP contribution is -2.20. The van der Waals surface area contributed by atoms with Crippen LogP contribution in [0.1, 0.15) is 6.92 Å². The summed E-state index contributed by atoms with van der Waals surface area (Å²) in [5.41, 5.74) is 1.84. The van der Waals surface area contributed by atoms with Crippen molar-refractivity contribution in [2.45, 2.75) is 13.5 Å². The molecule has 0 unspecified atom stereocenters. The van der Waals surface area contributed by atoms with Crippen LogP contribution < -0.4 is 10.9 Å². The molecule has 19 heavy (non-hydrogen) atoms. The number of fused-ring (bicyclic) bond motifs is 3. The Bertz CT molecular complexity index is 829. The lowest BCUT2D eigenvalue weighted by Gasteiger charge is -2.09. The first kappa shape index (κ1) is 11.8. The molecule has 0 atom stereocenters. The van der Waals surface area contributed by atoms with Gasteiger partial charge in [-0.25, -0.2) is 0 Å². The third kappa shape index (κ3) is 1.47. The van der Waals surface area contributed by atoms with Gasteiger partial charge in [0.15, 0.2) is 5.82 Å². The highest BCUT2D eigenvalue weighted by molar-refractivity contribution is 6.07. The summed E-state index contributed by atoms with van der Waals surface area (Å²) in [5.74, 6) is 0.635. The molecule has 0 bridgehead atoms. The number of nitrogens with zero attached hydrogens (tertiary/aromatic N) is 3.